The average Bonchev–Trinajstić information content (AvgIpc) is 2.36. The number of carbonyl (C=O) groups is 1. The van der Waals surface area contributed by atoms with E-state index in [1.807, 2.05) is 12.1 Å². The summed E-state index contributed by atoms with van der Waals surface area (Å²) >= 11 is 0. The van der Waals surface area contributed by atoms with E-state index in [1.165, 1.54) is 36.6 Å². The summed E-state index contributed by atoms with van der Waals surface area (Å²) in [6.07, 6.45) is 6.47. The smallest absolute Gasteiger partial charge is 0.328 e. The lowest BCUT2D eigenvalue weighted by Gasteiger charge is -2.21. The first kappa shape index (κ1) is 15.3. The number of anilines is 1. The van der Waals surface area contributed by atoms with Gasteiger partial charge in [-0.05, 0) is 42.7 Å². The van der Waals surface area contributed by atoms with Crippen LogP contribution < -0.4 is 4.90 Å². The van der Waals surface area contributed by atoms with Gasteiger partial charge in [-0.15, -0.1) is 0 Å². The number of unbranched alkanes of at least 4 members (excludes halogenated alkanes) is 2. The van der Waals surface area contributed by atoms with E-state index in [0.717, 1.165) is 12.1 Å². The van der Waals surface area contributed by atoms with Gasteiger partial charge in [0.1, 0.15) is 0 Å². The third-order valence-electron chi connectivity index (χ3n) is 3.15. The van der Waals surface area contributed by atoms with Gasteiger partial charge in [0.05, 0.1) is 0 Å². The molecule has 1 aromatic carbocycles. The largest absolute Gasteiger partial charge is 0.478 e. The molecule has 0 heterocycles. The van der Waals surface area contributed by atoms with Crippen LogP contribution in [-0.2, 0) is 4.79 Å². The van der Waals surface area contributed by atoms with Crippen molar-refractivity contribution in [3.63, 3.8) is 0 Å². The molecule has 0 unspecified atom stereocenters. The van der Waals surface area contributed by atoms with Crippen molar-refractivity contribution >= 4 is 17.7 Å². The Labute approximate surface area is 115 Å². The van der Waals surface area contributed by atoms with Crippen LogP contribution in [-0.4, -0.2) is 24.7 Å². The van der Waals surface area contributed by atoms with Gasteiger partial charge < -0.3 is 10.0 Å². The van der Waals surface area contributed by atoms with Crippen LogP contribution in [0.2, 0.25) is 0 Å². The van der Waals surface area contributed by atoms with Gasteiger partial charge in [0, 0.05) is 25.4 Å². The lowest BCUT2D eigenvalue weighted by atomic mass is 10.1. The Balaban J connectivity index is 2.73. The normalized spacial score (nSPS) is 10.9. The van der Waals surface area contributed by atoms with Gasteiger partial charge in [0.2, 0.25) is 0 Å². The number of carboxylic acid groups (broad SMARTS) is 1. The van der Waals surface area contributed by atoms with Crippen molar-refractivity contribution in [2.24, 2.45) is 0 Å². The molecule has 0 spiro atoms. The van der Waals surface area contributed by atoms with Gasteiger partial charge in [0.15, 0.2) is 0 Å². The molecule has 0 saturated heterocycles. The van der Waals surface area contributed by atoms with Crippen molar-refractivity contribution in [3.05, 3.63) is 35.4 Å². The van der Waals surface area contributed by atoms with Crippen molar-refractivity contribution < 1.29 is 9.90 Å². The van der Waals surface area contributed by atoms with Crippen LogP contribution in [0.25, 0.3) is 6.08 Å². The Morgan fingerprint density at radius 1 is 1.37 bits per heavy atom. The number of aliphatic carboxylic acids is 1. The van der Waals surface area contributed by atoms with Gasteiger partial charge in [0.25, 0.3) is 0 Å². The van der Waals surface area contributed by atoms with E-state index >= 15 is 0 Å². The molecule has 1 aromatic rings. The maximum atomic E-state index is 10.5. The SMILES string of the molecule is CCCCCN(C)c1ccc(C=CC(=O)O)cc1C. The second-order valence-corrected chi connectivity index (χ2v) is 4.85. The number of nitrogens with zero attached hydrogens (tertiary/aromatic N) is 1. The van der Waals surface area contributed by atoms with E-state index in [0.29, 0.717) is 0 Å². The Kier molecular flexibility index (Phi) is 6.13. The standard InChI is InChI=1S/C16H23NO2/c1-4-5-6-11-17(3)15-9-7-14(12-13(15)2)8-10-16(18)19/h7-10,12H,4-6,11H2,1-3H3,(H,18,19). The van der Waals surface area contributed by atoms with E-state index in [4.69, 9.17) is 5.11 Å². The molecule has 0 atom stereocenters. The van der Waals surface area contributed by atoms with Crippen molar-refractivity contribution in [2.75, 3.05) is 18.5 Å². The van der Waals surface area contributed by atoms with Gasteiger partial charge in [-0.2, -0.15) is 0 Å². The fourth-order valence-electron chi connectivity index (χ4n) is 2.10. The first-order valence-corrected chi connectivity index (χ1v) is 6.77. The maximum absolute atomic E-state index is 10.5. The highest BCUT2D eigenvalue weighted by Gasteiger charge is 2.04. The predicted molar refractivity (Wildman–Crippen MR) is 80.6 cm³/mol. The second kappa shape index (κ2) is 7.62. The molecular weight excluding hydrogens is 238 g/mol. The number of benzene rings is 1. The first-order valence-electron chi connectivity index (χ1n) is 6.77. The van der Waals surface area contributed by atoms with Crippen LogP contribution in [0.3, 0.4) is 0 Å². The van der Waals surface area contributed by atoms with E-state index < -0.39 is 5.97 Å². The van der Waals surface area contributed by atoms with Gasteiger partial charge in [-0.25, -0.2) is 4.79 Å². The molecule has 0 aliphatic heterocycles. The average molecular weight is 261 g/mol. The summed E-state index contributed by atoms with van der Waals surface area (Å²) < 4.78 is 0. The molecule has 104 valence electrons. The molecule has 1 N–H and O–H groups in total. The summed E-state index contributed by atoms with van der Waals surface area (Å²) in [5, 5.41) is 8.61. The highest BCUT2D eigenvalue weighted by molar-refractivity contribution is 5.85. The quantitative estimate of drug-likeness (QED) is 0.600. The molecule has 3 nitrogen and oxygen atoms in total. The monoisotopic (exact) mass is 261 g/mol. The minimum atomic E-state index is -0.918. The molecule has 0 aromatic heterocycles. The molecule has 0 amide bonds. The molecule has 1 rings (SSSR count). The van der Waals surface area contributed by atoms with Crippen molar-refractivity contribution in [3.8, 4) is 0 Å². The topological polar surface area (TPSA) is 40.5 Å². The summed E-state index contributed by atoms with van der Waals surface area (Å²) in [4.78, 5) is 12.7. The van der Waals surface area contributed by atoms with Gasteiger partial charge in [-0.3, -0.25) is 0 Å². The lowest BCUT2D eigenvalue weighted by Crippen LogP contribution is -2.19. The van der Waals surface area contributed by atoms with E-state index in [-0.39, 0.29) is 0 Å². The predicted octanol–water partition coefficient (Wildman–Crippen LogP) is 3.72. The van der Waals surface area contributed by atoms with Gasteiger partial charge >= 0.3 is 5.97 Å². The summed E-state index contributed by atoms with van der Waals surface area (Å²) in [7, 11) is 2.10. The summed E-state index contributed by atoms with van der Waals surface area (Å²) in [6, 6.07) is 6.03. The van der Waals surface area contributed by atoms with E-state index in [2.05, 4.69) is 31.9 Å². The van der Waals surface area contributed by atoms with Crippen LogP contribution in [0.15, 0.2) is 24.3 Å². The van der Waals surface area contributed by atoms with Gasteiger partial charge in [-0.1, -0.05) is 25.8 Å². The molecule has 0 saturated carbocycles. The summed E-state index contributed by atoms with van der Waals surface area (Å²) in [5.74, 6) is -0.918. The molecule has 0 radical (unpaired) electrons. The summed E-state index contributed by atoms with van der Waals surface area (Å²) in [5.41, 5.74) is 3.31. The maximum Gasteiger partial charge on any atom is 0.328 e. The highest BCUT2D eigenvalue weighted by Crippen LogP contribution is 2.21. The van der Waals surface area contributed by atoms with Crippen LogP contribution in [0.1, 0.15) is 37.3 Å². The minimum Gasteiger partial charge on any atom is -0.478 e. The zero-order valence-electron chi connectivity index (χ0n) is 12.0. The molecule has 0 aliphatic carbocycles. The molecule has 0 fully saturated rings. The molecule has 19 heavy (non-hydrogen) atoms. The number of carboxylic acids is 1. The van der Waals surface area contributed by atoms with Crippen LogP contribution in [0, 0.1) is 6.92 Å². The van der Waals surface area contributed by atoms with Crippen molar-refractivity contribution in [1.82, 2.24) is 0 Å². The fraction of sp³-hybridized carbons (Fsp3) is 0.438. The third-order valence-corrected chi connectivity index (χ3v) is 3.15. The fourth-order valence-corrected chi connectivity index (χ4v) is 2.10. The van der Waals surface area contributed by atoms with Crippen molar-refractivity contribution in [2.45, 2.75) is 33.1 Å². The van der Waals surface area contributed by atoms with Crippen LogP contribution in [0.4, 0.5) is 5.69 Å². The van der Waals surface area contributed by atoms with E-state index in [1.54, 1.807) is 6.08 Å². The Morgan fingerprint density at radius 3 is 2.68 bits per heavy atom. The number of hydrogen-bond donors (Lipinski definition) is 1. The van der Waals surface area contributed by atoms with Crippen LogP contribution in [0.5, 0.6) is 0 Å². The Morgan fingerprint density at radius 2 is 2.11 bits per heavy atom. The third kappa shape index (κ3) is 5.16. The highest BCUT2D eigenvalue weighted by atomic mass is 16.4. The van der Waals surface area contributed by atoms with Crippen LogP contribution >= 0.6 is 0 Å². The molecular formula is C16H23NO2. The molecule has 0 bridgehead atoms. The number of hydrogen-bond acceptors (Lipinski definition) is 2. The Bertz CT molecular complexity index is 452. The molecule has 0 aliphatic rings. The van der Waals surface area contributed by atoms with E-state index in [9.17, 15) is 4.79 Å². The minimum absolute atomic E-state index is 0.918. The lowest BCUT2D eigenvalue weighted by molar-refractivity contribution is -0.131. The summed E-state index contributed by atoms with van der Waals surface area (Å²) in [6.45, 7) is 5.32. The zero-order valence-corrected chi connectivity index (χ0v) is 12.0. The number of rotatable bonds is 7. The second-order valence-electron chi connectivity index (χ2n) is 4.85. The number of aryl methyl sites for hydroxylation is 1. The Hall–Kier alpha value is -1.77. The molecule has 3 heteroatoms. The van der Waals surface area contributed by atoms with Crippen molar-refractivity contribution in [1.29, 1.82) is 0 Å². The first-order chi connectivity index (χ1) is 9.04. The zero-order chi connectivity index (χ0) is 14.3.